The summed E-state index contributed by atoms with van der Waals surface area (Å²) >= 11 is 0. The number of sulfonamides is 1. The molecule has 1 aromatic carbocycles. The van der Waals surface area contributed by atoms with Gasteiger partial charge >= 0.3 is 6.03 Å². The van der Waals surface area contributed by atoms with Gasteiger partial charge < -0.3 is 29.7 Å². The van der Waals surface area contributed by atoms with Crippen LogP contribution in [-0.2, 0) is 31.0 Å². The molecular weight excluding hydrogens is 759 g/mol. The molecule has 3 aromatic rings. The van der Waals surface area contributed by atoms with Crippen molar-refractivity contribution in [3.05, 3.63) is 60.8 Å². The first-order chi connectivity index (χ1) is 27.9. The van der Waals surface area contributed by atoms with Crippen LogP contribution in [0.3, 0.4) is 0 Å². The van der Waals surface area contributed by atoms with E-state index < -0.39 is 56.7 Å². The number of hydrogen-bond acceptors (Lipinski definition) is 8. The molecule has 0 unspecified atom stereocenters. The average Bonchev–Trinajstić information content (AvgIpc) is 4.03. The predicted octanol–water partition coefficient (Wildman–Crippen LogP) is 4.85. The number of fused-ring (bicyclic) bond motifs is 4. The van der Waals surface area contributed by atoms with Gasteiger partial charge in [0.05, 0.1) is 17.3 Å². The largest absolute Gasteiger partial charge is 0.471 e. The molecule has 5 aliphatic rings. The summed E-state index contributed by atoms with van der Waals surface area (Å²) in [6, 6.07) is 5.59. The molecule has 0 radical (unpaired) electrons. The fourth-order valence-electron chi connectivity index (χ4n) is 9.28. The van der Waals surface area contributed by atoms with E-state index in [-0.39, 0.29) is 37.2 Å². The summed E-state index contributed by atoms with van der Waals surface area (Å²) in [7, 11) is -2.16. The Labute approximate surface area is 339 Å². The zero-order chi connectivity index (χ0) is 40.8. The molecule has 2 aromatic heterocycles. The first kappa shape index (κ1) is 39.9. The molecule has 3 N–H and O–H groups in total. The van der Waals surface area contributed by atoms with Crippen molar-refractivity contribution in [3.8, 4) is 5.88 Å². The molecule has 2 bridgehead atoms. The van der Waals surface area contributed by atoms with Gasteiger partial charge in [-0.2, -0.15) is 0 Å². The molecule has 15 heteroatoms. The molecule has 2 aliphatic heterocycles. The van der Waals surface area contributed by atoms with Crippen LogP contribution in [-0.4, -0.2) is 101 Å². The number of rotatable bonds is 7. The number of allylic oxidation sites excluding steroid dienone is 2. The number of carbonyl (C=O) groups is 4. The smallest absolute Gasteiger partial charge is 0.317 e. The average molecular weight is 814 g/mol. The number of nitrogens with one attached hydrogen (secondary N) is 3. The molecule has 3 saturated carbocycles. The molecule has 1 saturated heterocycles. The van der Waals surface area contributed by atoms with Gasteiger partial charge in [-0.25, -0.2) is 18.2 Å². The van der Waals surface area contributed by atoms with E-state index in [4.69, 9.17) is 9.72 Å². The second kappa shape index (κ2) is 16.0. The van der Waals surface area contributed by atoms with Crippen LogP contribution >= 0.6 is 0 Å². The molecule has 3 aliphatic carbocycles. The van der Waals surface area contributed by atoms with Crippen molar-refractivity contribution in [1.29, 1.82) is 0 Å². The number of carbonyl (C=O) groups excluding carboxylic acids is 4. The van der Waals surface area contributed by atoms with Crippen LogP contribution < -0.4 is 20.1 Å². The van der Waals surface area contributed by atoms with E-state index >= 15 is 0 Å². The van der Waals surface area contributed by atoms with Gasteiger partial charge in [0.1, 0.15) is 29.2 Å². The summed E-state index contributed by atoms with van der Waals surface area (Å²) in [6.45, 7) is 7.07. The zero-order valence-corrected chi connectivity index (χ0v) is 34.3. The second-order valence-corrected chi connectivity index (χ2v) is 19.0. The third-order valence-corrected chi connectivity index (χ3v) is 14.7. The van der Waals surface area contributed by atoms with Crippen LogP contribution in [0, 0.1) is 18.8 Å². The Morgan fingerprint density at radius 1 is 1.05 bits per heavy atom. The van der Waals surface area contributed by atoms with Gasteiger partial charge in [-0.15, -0.1) is 6.58 Å². The lowest BCUT2D eigenvalue weighted by Gasteiger charge is -2.33. The van der Waals surface area contributed by atoms with Crippen LogP contribution in [0.25, 0.3) is 21.8 Å². The van der Waals surface area contributed by atoms with Crippen LogP contribution in [0.1, 0.15) is 82.6 Å². The SMILES string of the molecule is C=C[C@@H]1C[C@]1(NC(=O)[C@@H]1C[C@@H]2CN1C(=O)[C@H](C1CCCC1)NC(=O)N(C)CCCCCC=CCn1cc(C)c3c4ccccc4nc(c31)O2)C(=O)NS(=O)(=O)C1CC1. The van der Waals surface area contributed by atoms with Crippen molar-refractivity contribution in [2.75, 3.05) is 20.1 Å². The van der Waals surface area contributed by atoms with Crippen molar-refractivity contribution >= 4 is 55.6 Å². The van der Waals surface area contributed by atoms with E-state index in [9.17, 15) is 27.6 Å². The van der Waals surface area contributed by atoms with Gasteiger partial charge in [0.25, 0.3) is 5.91 Å². The summed E-state index contributed by atoms with van der Waals surface area (Å²) in [5, 5.41) is 7.33. The Balaban J connectivity index is 1.17. The number of hydrogen-bond donors (Lipinski definition) is 3. The van der Waals surface area contributed by atoms with E-state index in [0.29, 0.717) is 31.8 Å². The Morgan fingerprint density at radius 2 is 1.83 bits per heavy atom. The van der Waals surface area contributed by atoms with E-state index in [1.165, 1.54) is 4.90 Å². The third-order valence-electron chi connectivity index (χ3n) is 12.8. The number of benzene rings is 1. The quantitative estimate of drug-likeness (QED) is 0.285. The van der Waals surface area contributed by atoms with Gasteiger partial charge in [-0.3, -0.25) is 19.1 Å². The van der Waals surface area contributed by atoms with Crippen molar-refractivity contribution in [2.24, 2.45) is 11.8 Å². The standard InChI is InChI=1S/C43H55N7O7S/c1-4-29-24-43(29,41(53)47-58(55,56)31-19-20-31)46-38(51)34-23-30-26-50(34)40(52)36(28-15-9-10-16-28)45-42(54)48(3)21-13-7-5-6-8-14-22-49-25-27(2)35-32-17-11-12-18-33(32)44-39(57-30)37(35)49/h4,8,11-12,14,17-18,25,28-31,34,36H,1,5-7,9-10,13,15-16,19-24,26H2,2-3H3,(H,45,54)(H,46,51)(H,47,53)/t29-,30-,34+,36+,43-/m1/s1. The first-order valence-electron chi connectivity index (χ1n) is 20.9. The molecule has 4 heterocycles. The minimum absolute atomic E-state index is 0.0294. The molecular formula is C43H55N7O7S. The van der Waals surface area contributed by atoms with Crippen LogP contribution in [0.2, 0.25) is 0 Å². The topological polar surface area (TPSA) is 172 Å². The van der Waals surface area contributed by atoms with E-state index in [2.05, 4.69) is 51.8 Å². The highest BCUT2D eigenvalue weighted by atomic mass is 32.2. The van der Waals surface area contributed by atoms with E-state index in [1.54, 1.807) is 18.0 Å². The van der Waals surface area contributed by atoms with Crippen molar-refractivity contribution in [3.63, 3.8) is 0 Å². The molecule has 8 rings (SSSR count). The number of para-hydroxylation sites is 1. The molecule has 5 amide bonds. The minimum Gasteiger partial charge on any atom is -0.471 e. The molecule has 4 fully saturated rings. The maximum Gasteiger partial charge on any atom is 0.317 e. The fourth-order valence-corrected chi connectivity index (χ4v) is 10.6. The number of aromatic nitrogens is 2. The number of pyridine rings is 1. The van der Waals surface area contributed by atoms with Gasteiger partial charge in [-0.05, 0) is 75.8 Å². The Bertz CT molecular complexity index is 2260. The highest BCUT2D eigenvalue weighted by Crippen LogP contribution is 2.46. The van der Waals surface area contributed by atoms with Gasteiger partial charge in [0.2, 0.25) is 27.7 Å². The molecule has 14 nitrogen and oxygen atoms in total. The molecule has 310 valence electrons. The summed E-state index contributed by atoms with van der Waals surface area (Å²) in [5.74, 6) is -2.03. The summed E-state index contributed by atoms with van der Waals surface area (Å²) in [5.41, 5.74) is 1.11. The molecule has 0 spiro atoms. The molecule has 5 atom stereocenters. The lowest BCUT2D eigenvalue weighted by molar-refractivity contribution is -0.142. The summed E-state index contributed by atoms with van der Waals surface area (Å²) in [4.78, 5) is 65.1. The summed E-state index contributed by atoms with van der Waals surface area (Å²) in [6.07, 6.45) is 15.5. The number of ether oxygens (including phenoxy) is 1. The van der Waals surface area contributed by atoms with Crippen LogP contribution in [0.15, 0.2) is 55.3 Å². The van der Waals surface area contributed by atoms with Crippen molar-refractivity contribution in [1.82, 2.24) is 34.7 Å². The maximum absolute atomic E-state index is 15.0. The highest BCUT2D eigenvalue weighted by molar-refractivity contribution is 7.91. The number of amides is 5. The Hall–Kier alpha value is -4.92. The number of aryl methyl sites for hydroxylation is 1. The Morgan fingerprint density at radius 3 is 2.57 bits per heavy atom. The number of urea groups is 1. The van der Waals surface area contributed by atoms with E-state index in [1.807, 2.05) is 24.3 Å². The first-order valence-corrected chi connectivity index (χ1v) is 22.5. The predicted molar refractivity (Wildman–Crippen MR) is 220 cm³/mol. The highest BCUT2D eigenvalue weighted by Gasteiger charge is 2.62. The summed E-state index contributed by atoms with van der Waals surface area (Å²) < 4.78 is 36.9. The lowest BCUT2D eigenvalue weighted by atomic mass is 9.96. The fraction of sp³-hybridized carbons (Fsp3) is 0.558. The van der Waals surface area contributed by atoms with Gasteiger partial charge in [0.15, 0.2) is 0 Å². The monoisotopic (exact) mass is 813 g/mol. The van der Waals surface area contributed by atoms with Crippen molar-refractivity contribution in [2.45, 2.75) is 119 Å². The normalized spacial score (nSPS) is 27.6. The Kier molecular flexibility index (Phi) is 11.0. The van der Waals surface area contributed by atoms with Gasteiger partial charge in [0, 0.05) is 49.4 Å². The minimum atomic E-state index is -3.89. The van der Waals surface area contributed by atoms with Crippen LogP contribution in [0.4, 0.5) is 4.79 Å². The maximum atomic E-state index is 15.0. The van der Waals surface area contributed by atoms with Gasteiger partial charge in [-0.1, -0.05) is 55.7 Å². The molecule has 58 heavy (non-hydrogen) atoms. The second-order valence-electron chi connectivity index (χ2n) is 17.0. The van der Waals surface area contributed by atoms with E-state index in [0.717, 1.165) is 78.7 Å². The third kappa shape index (κ3) is 7.81. The number of nitrogens with zero attached hydrogens (tertiary/aromatic N) is 4. The lowest BCUT2D eigenvalue weighted by Crippen LogP contribution is -2.59. The van der Waals surface area contributed by atoms with Crippen molar-refractivity contribution < 1.29 is 32.3 Å². The van der Waals surface area contributed by atoms with Crippen LogP contribution in [0.5, 0.6) is 5.88 Å². The zero-order valence-electron chi connectivity index (χ0n) is 33.5.